The van der Waals surface area contributed by atoms with Crippen LogP contribution >= 0.6 is 11.8 Å². The summed E-state index contributed by atoms with van der Waals surface area (Å²) in [5, 5.41) is 0. The molecule has 2 N–H and O–H groups in total. The van der Waals surface area contributed by atoms with Crippen molar-refractivity contribution in [2.24, 2.45) is 5.73 Å². The molecule has 1 rings (SSSR count). The molecule has 1 aromatic rings. The average Bonchev–Trinajstić information content (AvgIpc) is 2.26. The zero-order valence-corrected chi connectivity index (χ0v) is 9.51. The molecule has 14 heavy (non-hydrogen) atoms. The fraction of sp³-hybridized carbons (Fsp3) is 0.455. The molecule has 0 heterocycles. The molecule has 1 aromatic carbocycles. The molecule has 78 valence electrons. The van der Waals surface area contributed by atoms with Crippen LogP contribution in [0.4, 0.5) is 0 Å². The van der Waals surface area contributed by atoms with Crippen molar-refractivity contribution in [3.63, 3.8) is 0 Å². The standard InChI is InChI=1S/C11H17NOS/c1-13-10-5-3-9(4-6-10)11(12)7-8-14-2/h3-6,11H,7-8,12H2,1-2H3. The maximum Gasteiger partial charge on any atom is 0.118 e. The molecule has 0 aromatic heterocycles. The number of hydrogen-bond donors (Lipinski definition) is 1. The van der Waals surface area contributed by atoms with Crippen molar-refractivity contribution in [1.29, 1.82) is 0 Å². The Morgan fingerprint density at radius 3 is 2.50 bits per heavy atom. The number of hydrogen-bond acceptors (Lipinski definition) is 3. The van der Waals surface area contributed by atoms with Gasteiger partial charge in [0.05, 0.1) is 7.11 Å². The second-order valence-electron chi connectivity index (χ2n) is 3.16. The molecule has 0 saturated carbocycles. The van der Waals surface area contributed by atoms with Crippen molar-refractivity contribution in [2.45, 2.75) is 12.5 Å². The largest absolute Gasteiger partial charge is 0.497 e. The van der Waals surface area contributed by atoms with Gasteiger partial charge < -0.3 is 10.5 Å². The number of thioether (sulfide) groups is 1. The number of nitrogens with two attached hydrogens (primary N) is 1. The van der Waals surface area contributed by atoms with Gasteiger partial charge in [-0.2, -0.15) is 11.8 Å². The molecule has 1 unspecified atom stereocenters. The summed E-state index contributed by atoms with van der Waals surface area (Å²) in [5.74, 6) is 1.98. The molecule has 0 saturated heterocycles. The van der Waals surface area contributed by atoms with Crippen LogP contribution in [0.2, 0.25) is 0 Å². The van der Waals surface area contributed by atoms with Crippen LogP contribution in [0.5, 0.6) is 5.75 Å². The van der Waals surface area contributed by atoms with Gasteiger partial charge in [0.1, 0.15) is 5.75 Å². The highest BCUT2D eigenvalue weighted by molar-refractivity contribution is 7.98. The van der Waals surface area contributed by atoms with Crippen molar-refractivity contribution in [1.82, 2.24) is 0 Å². The molecule has 3 heteroatoms. The topological polar surface area (TPSA) is 35.2 Å². The molecule has 1 atom stereocenters. The zero-order valence-electron chi connectivity index (χ0n) is 8.69. The minimum atomic E-state index is 0.147. The summed E-state index contributed by atoms with van der Waals surface area (Å²) in [6.07, 6.45) is 3.12. The third-order valence-corrected chi connectivity index (χ3v) is 2.82. The minimum Gasteiger partial charge on any atom is -0.497 e. The van der Waals surface area contributed by atoms with Gasteiger partial charge in [-0.3, -0.25) is 0 Å². The van der Waals surface area contributed by atoms with Crippen LogP contribution in [0.3, 0.4) is 0 Å². The first-order valence-corrected chi connectivity index (χ1v) is 6.05. The van der Waals surface area contributed by atoms with Gasteiger partial charge in [0, 0.05) is 6.04 Å². The summed E-state index contributed by atoms with van der Waals surface area (Å²) in [7, 11) is 1.67. The lowest BCUT2D eigenvalue weighted by Gasteiger charge is -2.11. The predicted octanol–water partition coefficient (Wildman–Crippen LogP) is 2.45. The predicted molar refractivity (Wildman–Crippen MR) is 62.9 cm³/mol. The molecule has 0 bridgehead atoms. The minimum absolute atomic E-state index is 0.147. The quantitative estimate of drug-likeness (QED) is 0.812. The first kappa shape index (κ1) is 11.4. The first-order chi connectivity index (χ1) is 6.77. The summed E-state index contributed by atoms with van der Waals surface area (Å²) in [4.78, 5) is 0. The van der Waals surface area contributed by atoms with Crippen molar-refractivity contribution in [3.05, 3.63) is 29.8 Å². The third-order valence-electron chi connectivity index (χ3n) is 2.18. The summed E-state index contributed by atoms with van der Waals surface area (Å²) in [5.41, 5.74) is 7.20. The van der Waals surface area contributed by atoms with Gasteiger partial charge in [-0.05, 0) is 36.1 Å². The molecule has 2 nitrogen and oxygen atoms in total. The summed E-state index contributed by atoms with van der Waals surface area (Å²) in [6, 6.07) is 8.12. The maximum atomic E-state index is 6.02. The fourth-order valence-electron chi connectivity index (χ4n) is 1.26. The third kappa shape index (κ3) is 3.24. The molecular formula is C11H17NOS. The van der Waals surface area contributed by atoms with Crippen LogP contribution in [0, 0.1) is 0 Å². The Morgan fingerprint density at radius 2 is 2.00 bits per heavy atom. The van der Waals surface area contributed by atoms with Crippen molar-refractivity contribution in [2.75, 3.05) is 19.1 Å². The normalized spacial score (nSPS) is 12.5. The van der Waals surface area contributed by atoms with Crippen molar-refractivity contribution < 1.29 is 4.74 Å². The Balaban J connectivity index is 2.57. The van der Waals surface area contributed by atoms with Crippen molar-refractivity contribution in [3.8, 4) is 5.75 Å². The molecule has 0 radical (unpaired) electrons. The second kappa shape index (κ2) is 5.94. The maximum absolute atomic E-state index is 6.02. The Morgan fingerprint density at radius 1 is 1.36 bits per heavy atom. The molecule has 0 amide bonds. The van der Waals surface area contributed by atoms with E-state index < -0.39 is 0 Å². The number of rotatable bonds is 5. The molecule has 0 aliphatic rings. The van der Waals surface area contributed by atoms with Gasteiger partial charge in [-0.1, -0.05) is 12.1 Å². The van der Waals surface area contributed by atoms with Crippen LogP contribution in [0.25, 0.3) is 0 Å². The Labute approximate surface area is 89.8 Å². The van der Waals surface area contributed by atoms with Gasteiger partial charge >= 0.3 is 0 Å². The Bertz CT molecular complexity index is 260. The van der Waals surface area contributed by atoms with E-state index >= 15 is 0 Å². The highest BCUT2D eigenvalue weighted by atomic mass is 32.2. The SMILES string of the molecule is COc1ccc(C(N)CCSC)cc1. The monoisotopic (exact) mass is 211 g/mol. The lowest BCUT2D eigenvalue weighted by molar-refractivity contribution is 0.414. The zero-order chi connectivity index (χ0) is 10.4. The lowest BCUT2D eigenvalue weighted by Crippen LogP contribution is -2.10. The van der Waals surface area contributed by atoms with Gasteiger partial charge in [0.25, 0.3) is 0 Å². The van der Waals surface area contributed by atoms with E-state index in [1.54, 1.807) is 7.11 Å². The van der Waals surface area contributed by atoms with Gasteiger partial charge in [-0.15, -0.1) is 0 Å². The van der Waals surface area contributed by atoms with E-state index in [1.165, 1.54) is 5.56 Å². The lowest BCUT2D eigenvalue weighted by atomic mass is 10.1. The number of methoxy groups -OCH3 is 1. The number of benzene rings is 1. The highest BCUT2D eigenvalue weighted by Crippen LogP contribution is 2.19. The van der Waals surface area contributed by atoms with E-state index in [-0.39, 0.29) is 6.04 Å². The van der Waals surface area contributed by atoms with Crippen LogP contribution in [-0.2, 0) is 0 Å². The summed E-state index contributed by atoms with van der Waals surface area (Å²) in [6.45, 7) is 0. The summed E-state index contributed by atoms with van der Waals surface area (Å²) >= 11 is 1.83. The fourth-order valence-corrected chi connectivity index (χ4v) is 1.75. The van der Waals surface area contributed by atoms with Gasteiger partial charge in [0.2, 0.25) is 0 Å². The molecule has 0 aliphatic heterocycles. The molecule has 0 aliphatic carbocycles. The average molecular weight is 211 g/mol. The van der Waals surface area contributed by atoms with E-state index in [0.717, 1.165) is 17.9 Å². The van der Waals surface area contributed by atoms with Crippen molar-refractivity contribution >= 4 is 11.8 Å². The molecule has 0 spiro atoms. The van der Waals surface area contributed by atoms with Crippen LogP contribution < -0.4 is 10.5 Å². The van der Waals surface area contributed by atoms with Crippen LogP contribution in [0.15, 0.2) is 24.3 Å². The van der Waals surface area contributed by atoms with E-state index in [1.807, 2.05) is 36.0 Å². The smallest absolute Gasteiger partial charge is 0.118 e. The second-order valence-corrected chi connectivity index (χ2v) is 4.15. The molecule has 0 fully saturated rings. The Hall–Kier alpha value is -0.670. The van der Waals surface area contributed by atoms with Crippen LogP contribution in [0.1, 0.15) is 18.0 Å². The number of ether oxygens (including phenoxy) is 1. The van der Waals surface area contributed by atoms with E-state index in [2.05, 4.69) is 6.26 Å². The Kier molecular flexibility index (Phi) is 4.84. The summed E-state index contributed by atoms with van der Waals surface area (Å²) < 4.78 is 5.09. The molecular weight excluding hydrogens is 194 g/mol. The van der Waals surface area contributed by atoms with Crippen LogP contribution in [-0.4, -0.2) is 19.1 Å². The van der Waals surface area contributed by atoms with E-state index in [9.17, 15) is 0 Å². The van der Waals surface area contributed by atoms with E-state index in [0.29, 0.717) is 0 Å². The van der Waals surface area contributed by atoms with Gasteiger partial charge in [-0.25, -0.2) is 0 Å². The van der Waals surface area contributed by atoms with Gasteiger partial charge in [0.15, 0.2) is 0 Å². The first-order valence-electron chi connectivity index (χ1n) is 4.66. The highest BCUT2D eigenvalue weighted by Gasteiger charge is 2.04. The van der Waals surface area contributed by atoms with E-state index in [4.69, 9.17) is 10.5 Å².